The minimum Gasteiger partial charge on any atom is -0.432 e. The maximum atomic E-state index is 5.78. The molecule has 0 fully saturated rings. The lowest BCUT2D eigenvalue weighted by molar-refractivity contribution is 0.458. The van der Waals surface area contributed by atoms with Crippen molar-refractivity contribution in [3.05, 3.63) is 47.1 Å². The van der Waals surface area contributed by atoms with Crippen molar-refractivity contribution < 1.29 is 4.42 Å². The van der Waals surface area contributed by atoms with Crippen molar-refractivity contribution in [2.45, 2.75) is 12.0 Å². The van der Waals surface area contributed by atoms with E-state index in [4.69, 9.17) is 4.42 Å². The maximum absolute atomic E-state index is 5.78. The van der Waals surface area contributed by atoms with Crippen LogP contribution in [0, 0.1) is 6.92 Å². The predicted molar refractivity (Wildman–Crippen MR) is 103 cm³/mol. The molecule has 1 N–H and O–H groups in total. The van der Waals surface area contributed by atoms with Crippen LogP contribution in [0.1, 0.15) is 16.5 Å². The topological polar surface area (TPSA) is 63.8 Å². The Kier molecular flexibility index (Phi) is 4.73. The van der Waals surface area contributed by atoms with E-state index >= 15 is 0 Å². The Morgan fingerprint density at radius 2 is 1.96 bits per heavy atom. The van der Waals surface area contributed by atoms with Crippen molar-refractivity contribution >= 4 is 44.5 Å². The van der Waals surface area contributed by atoms with Gasteiger partial charge in [-0.25, -0.2) is 15.0 Å². The first-order chi connectivity index (χ1) is 11.4. The highest BCUT2D eigenvalue weighted by atomic mass is 32.3. The van der Waals surface area contributed by atoms with Crippen molar-refractivity contribution in [3.8, 4) is 0 Å². The molecule has 0 amide bonds. The fraction of sp³-hybridized carbons (Fsp3) is 0.235. The predicted octanol–water partition coefficient (Wildman–Crippen LogP) is 4.80. The van der Waals surface area contributed by atoms with Gasteiger partial charge in [0.15, 0.2) is 10.2 Å². The van der Waals surface area contributed by atoms with Gasteiger partial charge in [-0.2, -0.15) is 10.0 Å². The molecule has 3 rings (SSSR count). The molecule has 0 bridgehead atoms. The molecule has 5 nitrogen and oxygen atoms in total. The van der Waals surface area contributed by atoms with Gasteiger partial charge in [-0.3, -0.25) is 0 Å². The summed E-state index contributed by atoms with van der Waals surface area (Å²) in [7, 11) is -0.889. The lowest BCUT2D eigenvalue weighted by Crippen LogP contribution is -1.93. The number of rotatable bonds is 5. The summed E-state index contributed by atoms with van der Waals surface area (Å²) in [5.74, 6) is 1.42. The molecule has 126 valence electrons. The van der Waals surface area contributed by atoms with Gasteiger partial charge in [0.2, 0.25) is 5.89 Å². The third kappa shape index (κ3) is 4.24. The number of oxazole rings is 1. The van der Waals surface area contributed by atoms with E-state index in [0.717, 1.165) is 26.6 Å². The highest BCUT2D eigenvalue weighted by molar-refractivity contribution is 8.32. The molecule has 0 saturated heterocycles. The van der Waals surface area contributed by atoms with E-state index in [9.17, 15) is 0 Å². The molecule has 3 aromatic heterocycles. The summed E-state index contributed by atoms with van der Waals surface area (Å²) in [5, 5.41) is 4.98. The Labute approximate surface area is 147 Å². The second kappa shape index (κ2) is 6.78. The van der Waals surface area contributed by atoms with Gasteiger partial charge in [0.05, 0.1) is 6.20 Å². The molecule has 0 aromatic carbocycles. The standard InChI is InChI=1S/C17H20N4OS2/c1-12-6-5-7-14(20-12)21-17-19-10-13(23-17)8-9-15-18-11-16(22-15)24(2,3)4/h5-11H,1-4H3,(H,19,20,21)/b9-8+. The highest BCUT2D eigenvalue weighted by Gasteiger charge is 2.13. The third-order valence-corrected chi connectivity index (χ3v) is 5.42. The van der Waals surface area contributed by atoms with Crippen LogP contribution < -0.4 is 5.32 Å². The summed E-state index contributed by atoms with van der Waals surface area (Å²) in [6, 6.07) is 5.86. The third-order valence-electron chi connectivity index (χ3n) is 3.14. The number of hydrogen-bond acceptors (Lipinski definition) is 6. The van der Waals surface area contributed by atoms with Gasteiger partial charge in [-0.1, -0.05) is 17.4 Å². The van der Waals surface area contributed by atoms with Crippen LogP contribution in [0.2, 0.25) is 0 Å². The van der Waals surface area contributed by atoms with Crippen molar-refractivity contribution in [1.29, 1.82) is 0 Å². The van der Waals surface area contributed by atoms with E-state index in [0.29, 0.717) is 5.89 Å². The van der Waals surface area contributed by atoms with Gasteiger partial charge in [0.25, 0.3) is 0 Å². The summed E-state index contributed by atoms with van der Waals surface area (Å²) in [6.07, 6.45) is 14.0. The molecule has 24 heavy (non-hydrogen) atoms. The van der Waals surface area contributed by atoms with Crippen LogP contribution in [0.3, 0.4) is 0 Å². The SMILES string of the molecule is Cc1cccc(Nc2ncc(/C=C/c3ncc(S(C)(C)C)o3)s2)n1. The van der Waals surface area contributed by atoms with Crippen LogP contribution >= 0.6 is 21.4 Å². The molecule has 0 radical (unpaired) electrons. The van der Waals surface area contributed by atoms with Gasteiger partial charge < -0.3 is 9.73 Å². The molecule has 0 aliphatic carbocycles. The number of pyridine rings is 1. The van der Waals surface area contributed by atoms with Crippen molar-refractivity contribution in [2.24, 2.45) is 0 Å². The quantitative estimate of drug-likeness (QED) is 0.708. The highest BCUT2D eigenvalue weighted by Crippen LogP contribution is 2.45. The molecule has 0 aliphatic rings. The Morgan fingerprint density at radius 3 is 2.67 bits per heavy atom. The smallest absolute Gasteiger partial charge is 0.220 e. The van der Waals surface area contributed by atoms with Gasteiger partial charge in [0.1, 0.15) is 5.82 Å². The van der Waals surface area contributed by atoms with E-state index in [-0.39, 0.29) is 0 Å². The molecule has 0 spiro atoms. The summed E-state index contributed by atoms with van der Waals surface area (Å²) < 4.78 is 5.78. The molecule has 0 unspecified atom stereocenters. The summed E-state index contributed by atoms with van der Waals surface area (Å²) in [5.41, 5.74) is 0.970. The first-order valence-corrected chi connectivity index (χ1v) is 11.1. The summed E-state index contributed by atoms with van der Waals surface area (Å²) in [4.78, 5) is 14.1. The van der Waals surface area contributed by atoms with Crippen LogP contribution in [0.4, 0.5) is 10.9 Å². The zero-order valence-electron chi connectivity index (χ0n) is 14.1. The minimum absolute atomic E-state index is 0.621. The molecule has 0 atom stereocenters. The van der Waals surface area contributed by atoms with Crippen LogP contribution in [0.5, 0.6) is 0 Å². The summed E-state index contributed by atoms with van der Waals surface area (Å²) >= 11 is 1.55. The first kappa shape index (κ1) is 16.7. The van der Waals surface area contributed by atoms with E-state index < -0.39 is 10.0 Å². The molecule has 3 aromatic rings. The summed E-state index contributed by atoms with van der Waals surface area (Å²) in [6.45, 7) is 1.96. The zero-order chi connectivity index (χ0) is 17.2. The normalized spacial score (nSPS) is 12.7. The van der Waals surface area contributed by atoms with Crippen LogP contribution in [0.25, 0.3) is 12.2 Å². The second-order valence-electron chi connectivity index (χ2n) is 6.04. The lowest BCUT2D eigenvalue weighted by atomic mass is 10.4. The Bertz CT molecular complexity index is 861. The molecule has 7 heteroatoms. The van der Waals surface area contributed by atoms with Crippen molar-refractivity contribution in [3.63, 3.8) is 0 Å². The first-order valence-electron chi connectivity index (χ1n) is 7.39. The Balaban J connectivity index is 1.68. The monoisotopic (exact) mass is 360 g/mol. The molecule has 0 aliphatic heterocycles. The van der Waals surface area contributed by atoms with E-state index in [1.54, 1.807) is 11.3 Å². The van der Waals surface area contributed by atoms with E-state index in [2.05, 4.69) is 39.0 Å². The molecule has 0 saturated carbocycles. The average molecular weight is 361 g/mol. The van der Waals surface area contributed by atoms with Gasteiger partial charge in [-0.15, -0.1) is 0 Å². The van der Waals surface area contributed by atoms with Gasteiger partial charge in [-0.05, 0) is 43.9 Å². The Morgan fingerprint density at radius 1 is 1.12 bits per heavy atom. The molecule has 3 heterocycles. The van der Waals surface area contributed by atoms with Crippen LogP contribution in [-0.2, 0) is 0 Å². The number of nitrogens with one attached hydrogen (secondary N) is 1. The van der Waals surface area contributed by atoms with Gasteiger partial charge in [0, 0.05) is 22.8 Å². The zero-order valence-corrected chi connectivity index (χ0v) is 15.7. The number of anilines is 2. The van der Waals surface area contributed by atoms with Crippen molar-refractivity contribution in [2.75, 3.05) is 24.1 Å². The average Bonchev–Trinajstić information content (AvgIpc) is 3.13. The molecular weight excluding hydrogens is 340 g/mol. The number of thiazole rings is 1. The van der Waals surface area contributed by atoms with Crippen molar-refractivity contribution in [1.82, 2.24) is 15.0 Å². The Hall–Kier alpha value is -2.12. The second-order valence-corrected chi connectivity index (χ2v) is 11.2. The minimum atomic E-state index is -0.889. The number of hydrogen-bond donors (Lipinski definition) is 1. The maximum Gasteiger partial charge on any atom is 0.220 e. The fourth-order valence-corrected chi connectivity index (χ4v) is 3.36. The molecular formula is C17H20N4OS2. The van der Waals surface area contributed by atoms with E-state index in [1.165, 1.54) is 0 Å². The van der Waals surface area contributed by atoms with Crippen LogP contribution in [-0.4, -0.2) is 33.7 Å². The number of nitrogens with zero attached hydrogens (tertiary/aromatic N) is 3. The number of aryl methyl sites for hydroxylation is 1. The van der Waals surface area contributed by atoms with Crippen LogP contribution in [0.15, 0.2) is 40.1 Å². The number of aromatic nitrogens is 3. The lowest BCUT2D eigenvalue weighted by Gasteiger charge is -2.20. The van der Waals surface area contributed by atoms with E-state index in [1.807, 2.05) is 49.7 Å². The largest absolute Gasteiger partial charge is 0.432 e. The van der Waals surface area contributed by atoms with Gasteiger partial charge >= 0.3 is 0 Å². The fourth-order valence-electron chi connectivity index (χ4n) is 1.93.